The van der Waals surface area contributed by atoms with Gasteiger partial charge in [-0.3, -0.25) is 4.79 Å². The molecule has 0 unspecified atom stereocenters. The molecule has 1 aliphatic rings. The zero-order valence-electron chi connectivity index (χ0n) is 7.92. The van der Waals surface area contributed by atoms with E-state index in [1.807, 2.05) is 0 Å². The fraction of sp³-hybridized carbons (Fsp3) is 0.556. The lowest BCUT2D eigenvalue weighted by atomic mass is 9.98. The van der Waals surface area contributed by atoms with Gasteiger partial charge in [0.05, 0.1) is 5.54 Å². The number of nitrogen functional groups attached to an aromatic ring is 1. The molecular formula is C9H14N4O. The van der Waals surface area contributed by atoms with Gasteiger partial charge in [-0.05, 0) is 12.8 Å². The van der Waals surface area contributed by atoms with Crippen LogP contribution in [0.25, 0.3) is 0 Å². The highest BCUT2D eigenvalue weighted by molar-refractivity contribution is 5.27. The van der Waals surface area contributed by atoms with E-state index in [0.29, 0.717) is 5.82 Å². The minimum absolute atomic E-state index is 0.232. The van der Waals surface area contributed by atoms with Crippen molar-refractivity contribution in [2.45, 2.75) is 31.2 Å². The molecule has 1 aromatic rings. The lowest BCUT2D eigenvalue weighted by molar-refractivity contribution is 0.430. The number of nitrogens with zero attached hydrogens (tertiary/aromatic N) is 1. The van der Waals surface area contributed by atoms with Crippen molar-refractivity contribution in [3.8, 4) is 0 Å². The Morgan fingerprint density at radius 1 is 1.43 bits per heavy atom. The maximum atomic E-state index is 11.2. The Labute approximate surface area is 81.5 Å². The van der Waals surface area contributed by atoms with Gasteiger partial charge in [-0.2, -0.15) is 0 Å². The van der Waals surface area contributed by atoms with Crippen LogP contribution < -0.4 is 17.0 Å². The van der Waals surface area contributed by atoms with Crippen molar-refractivity contribution >= 4 is 5.82 Å². The molecule has 14 heavy (non-hydrogen) atoms. The molecule has 0 radical (unpaired) electrons. The molecule has 0 bridgehead atoms. The normalized spacial score (nSPS) is 19.8. The van der Waals surface area contributed by atoms with Gasteiger partial charge >= 0.3 is 0 Å². The van der Waals surface area contributed by atoms with Crippen LogP contribution in [0.5, 0.6) is 0 Å². The quantitative estimate of drug-likeness (QED) is 0.589. The zero-order valence-corrected chi connectivity index (χ0v) is 7.92. The Bertz CT molecular complexity index is 392. The Morgan fingerprint density at radius 2 is 2.07 bits per heavy atom. The van der Waals surface area contributed by atoms with E-state index in [1.165, 1.54) is 6.07 Å². The number of anilines is 1. The highest BCUT2D eigenvalue weighted by Crippen LogP contribution is 2.33. The maximum Gasteiger partial charge on any atom is 0.253 e. The van der Waals surface area contributed by atoms with Crippen LogP contribution in [0.3, 0.4) is 0 Å². The summed E-state index contributed by atoms with van der Waals surface area (Å²) < 4.78 is 0. The molecule has 5 N–H and O–H groups in total. The third-order valence-corrected chi connectivity index (χ3v) is 2.73. The Balaban J connectivity index is 2.45. The van der Waals surface area contributed by atoms with E-state index in [0.717, 1.165) is 25.7 Å². The largest absolute Gasteiger partial charge is 0.383 e. The van der Waals surface area contributed by atoms with Gasteiger partial charge in [0.15, 0.2) is 0 Å². The summed E-state index contributed by atoms with van der Waals surface area (Å²) >= 11 is 0. The molecular weight excluding hydrogens is 180 g/mol. The van der Waals surface area contributed by atoms with Gasteiger partial charge in [0.2, 0.25) is 0 Å². The molecule has 0 aliphatic heterocycles. The molecule has 1 aromatic heterocycles. The van der Waals surface area contributed by atoms with Crippen molar-refractivity contribution in [1.82, 2.24) is 9.97 Å². The zero-order chi connectivity index (χ0) is 10.2. The second-order valence-electron chi connectivity index (χ2n) is 3.88. The van der Waals surface area contributed by atoms with Gasteiger partial charge in [0.1, 0.15) is 11.6 Å². The molecule has 5 nitrogen and oxygen atoms in total. The van der Waals surface area contributed by atoms with Crippen LogP contribution in [-0.2, 0) is 5.54 Å². The van der Waals surface area contributed by atoms with Crippen LogP contribution in [0, 0.1) is 0 Å². The summed E-state index contributed by atoms with van der Waals surface area (Å²) in [7, 11) is 0. The van der Waals surface area contributed by atoms with Gasteiger partial charge in [-0.25, -0.2) is 4.98 Å². The summed E-state index contributed by atoms with van der Waals surface area (Å²) in [4.78, 5) is 17.9. The summed E-state index contributed by atoms with van der Waals surface area (Å²) in [5, 5.41) is 0. The van der Waals surface area contributed by atoms with Crippen molar-refractivity contribution in [3.63, 3.8) is 0 Å². The number of aromatic nitrogens is 2. The lowest BCUT2D eigenvalue weighted by Crippen LogP contribution is -2.37. The summed E-state index contributed by atoms with van der Waals surface area (Å²) in [6.07, 6.45) is 3.88. The van der Waals surface area contributed by atoms with Crippen LogP contribution in [0.1, 0.15) is 31.5 Å². The molecule has 1 saturated carbocycles. The first-order valence-electron chi connectivity index (χ1n) is 4.76. The molecule has 76 valence electrons. The van der Waals surface area contributed by atoms with E-state index in [1.54, 1.807) is 0 Å². The van der Waals surface area contributed by atoms with Gasteiger partial charge in [-0.1, -0.05) is 12.8 Å². The number of nitrogens with one attached hydrogen (secondary N) is 1. The Kier molecular flexibility index (Phi) is 2.03. The van der Waals surface area contributed by atoms with E-state index in [2.05, 4.69) is 9.97 Å². The van der Waals surface area contributed by atoms with Gasteiger partial charge in [-0.15, -0.1) is 0 Å². The van der Waals surface area contributed by atoms with E-state index in [4.69, 9.17) is 11.5 Å². The van der Waals surface area contributed by atoms with Crippen molar-refractivity contribution in [2.24, 2.45) is 5.73 Å². The second kappa shape index (κ2) is 3.09. The summed E-state index contributed by atoms with van der Waals surface area (Å²) in [5.41, 5.74) is 10.9. The highest BCUT2D eigenvalue weighted by atomic mass is 16.1. The molecule has 1 heterocycles. The topological polar surface area (TPSA) is 97.8 Å². The molecule has 5 heteroatoms. The van der Waals surface area contributed by atoms with E-state index >= 15 is 0 Å². The Morgan fingerprint density at radius 3 is 2.64 bits per heavy atom. The first-order valence-corrected chi connectivity index (χ1v) is 4.76. The Hall–Kier alpha value is -1.36. The fourth-order valence-corrected chi connectivity index (χ4v) is 1.95. The van der Waals surface area contributed by atoms with Gasteiger partial charge in [0, 0.05) is 6.07 Å². The standard InChI is InChI=1S/C9H14N4O/c10-6-5-7(14)13-8(12-6)9(11)3-1-2-4-9/h5H,1-4,11H2,(H3,10,12,13,14). The predicted octanol–water partition coefficient (Wildman–Crippen LogP) is 0.0801. The molecule has 2 rings (SSSR count). The van der Waals surface area contributed by atoms with Crippen molar-refractivity contribution in [3.05, 3.63) is 22.2 Å². The van der Waals surface area contributed by atoms with Gasteiger partial charge < -0.3 is 16.5 Å². The third-order valence-electron chi connectivity index (χ3n) is 2.73. The molecule has 1 fully saturated rings. The van der Waals surface area contributed by atoms with Gasteiger partial charge in [0.25, 0.3) is 5.56 Å². The number of hydrogen-bond acceptors (Lipinski definition) is 4. The highest BCUT2D eigenvalue weighted by Gasteiger charge is 2.33. The molecule has 0 aromatic carbocycles. The average Bonchev–Trinajstić information content (AvgIpc) is 2.52. The molecule has 0 amide bonds. The first-order chi connectivity index (χ1) is 6.60. The summed E-state index contributed by atoms with van der Waals surface area (Å²) in [5.74, 6) is 0.764. The number of H-pyrrole nitrogens is 1. The van der Waals surface area contributed by atoms with Crippen LogP contribution >= 0.6 is 0 Å². The summed E-state index contributed by atoms with van der Waals surface area (Å²) in [6.45, 7) is 0. The van der Waals surface area contributed by atoms with Crippen LogP contribution in [0.15, 0.2) is 10.9 Å². The predicted molar refractivity (Wildman–Crippen MR) is 53.6 cm³/mol. The first kappa shape index (κ1) is 9.21. The lowest BCUT2D eigenvalue weighted by Gasteiger charge is -2.21. The van der Waals surface area contributed by atoms with E-state index < -0.39 is 5.54 Å². The maximum absolute atomic E-state index is 11.2. The number of hydrogen-bond donors (Lipinski definition) is 3. The van der Waals surface area contributed by atoms with E-state index in [-0.39, 0.29) is 11.4 Å². The van der Waals surface area contributed by atoms with Crippen molar-refractivity contribution < 1.29 is 0 Å². The fourth-order valence-electron chi connectivity index (χ4n) is 1.95. The van der Waals surface area contributed by atoms with Crippen LogP contribution in [0.2, 0.25) is 0 Å². The third kappa shape index (κ3) is 1.50. The van der Waals surface area contributed by atoms with Crippen molar-refractivity contribution in [1.29, 1.82) is 0 Å². The molecule has 0 spiro atoms. The molecule has 1 aliphatic carbocycles. The monoisotopic (exact) mass is 194 g/mol. The smallest absolute Gasteiger partial charge is 0.253 e. The number of rotatable bonds is 1. The van der Waals surface area contributed by atoms with E-state index in [9.17, 15) is 4.79 Å². The molecule has 0 atom stereocenters. The molecule has 0 saturated heterocycles. The number of nitrogens with two attached hydrogens (primary N) is 2. The number of aromatic amines is 1. The van der Waals surface area contributed by atoms with Crippen LogP contribution in [-0.4, -0.2) is 9.97 Å². The SMILES string of the molecule is Nc1cc(=O)[nH]c(C2(N)CCCC2)n1. The van der Waals surface area contributed by atoms with Crippen LogP contribution in [0.4, 0.5) is 5.82 Å². The minimum atomic E-state index is -0.478. The second-order valence-corrected chi connectivity index (χ2v) is 3.88. The minimum Gasteiger partial charge on any atom is -0.383 e. The average molecular weight is 194 g/mol. The summed E-state index contributed by atoms with van der Waals surface area (Å²) in [6, 6.07) is 1.27. The van der Waals surface area contributed by atoms with Crippen molar-refractivity contribution in [2.75, 3.05) is 5.73 Å².